The van der Waals surface area contributed by atoms with Crippen LogP contribution in [0.5, 0.6) is 11.5 Å². The SMILES string of the molecule is CCC1CCc2c(sc(NC(=O)c3cc(-c4ccc5c(c4)OCO5)nc4ccccc34)c2C(=O)OC)C1. The molecule has 188 valence electrons. The maximum atomic E-state index is 13.8. The molecule has 2 aliphatic rings. The molecule has 1 amide bonds. The molecule has 0 spiro atoms. The zero-order valence-corrected chi connectivity index (χ0v) is 21.4. The van der Waals surface area contributed by atoms with Crippen LogP contribution in [-0.2, 0) is 17.6 Å². The van der Waals surface area contributed by atoms with E-state index < -0.39 is 5.97 Å². The minimum absolute atomic E-state index is 0.184. The molecule has 1 aliphatic heterocycles. The van der Waals surface area contributed by atoms with Crippen molar-refractivity contribution in [2.75, 3.05) is 19.2 Å². The third kappa shape index (κ3) is 4.21. The molecule has 2 aromatic heterocycles. The van der Waals surface area contributed by atoms with Crippen molar-refractivity contribution in [1.29, 1.82) is 0 Å². The molecule has 1 N–H and O–H groups in total. The van der Waals surface area contributed by atoms with Crippen molar-refractivity contribution in [1.82, 2.24) is 4.98 Å². The minimum atomic E-state index is -0.414. The number of rotatable bonds is 5. The summed E-state index contributed by atoms with van der Waals surface area (Å²) < 4.78 is 16.1. The lowest BCUT2D eigenvalue weighted by molar-refractivity contribution is 0.0600. The normalized spacial score (nSPS) is 15.9. The third-order valence-corrected chi connectivity index (χ3v) is 8.36. The van der Waals surface area contributed by atoms with Crippen LogP contribution in [0.2, 0.25) is 0 Å². The van der Waals surface area contributed by atoms with Gasteiger partial charge in [-0.15, -0.1) is 11.3 Å². The van der Waals surface area contributed by atoms with Gasteiger partial charge in [-0.2, -0.15) is 0 Å². The van der Waals surface area contributed by atoms with Gasteiger partial charge in [-0.05, 0) is 61.1 Å². The molecule has 0 saturated carbocycles. The molecule has 37 heavy (non-hydrogen) atoms. The first-order valence-corrected chi connectivity index (χ1v) is 13.2. The smallest absolute Gasteiger partial charge is 0.341 e. The fraction of sp³-hybridized carbons (Fsp3) is 0.276. The summed E-state index contributed by atoms with van der Waals surface area (Å²) in [5.41, 5.74) is 4.14. The number of fused-ring (bicyclic) bond motifs is 3. The van der Waals surface area contributed by atoms with Gasteiger partial charge in [0, 0.05) is 15.8 Å². The van der Waals surface area contributed by atoms with E-state index in [0.717, 1.165) is 47.1 Å². The Hall–Kier alpha value is -3.91. The van der Waals surface area contributed by atoms with Crippen molar-refractivity contribution in [3.63, 3.8) is 0 Å². The number of benzene rings is 2. The number of thiophene rings is 1. The standard InChI is InChI=1S/C29H26N2O5S/c1-3-16-8-10-19-25(12-16)37-28(26(19)29(33)34-2)31-27(32)20-14-22(30-21-7-5-4-6-18(20)21)17-9-11-23-24(13-17)36-15-35-23/h4-7,9,11,13-14,16H,3,8,10,12,15H2,1-2H3,(H,31,32). The molecule has 6 rings (SSSR count). The lowest BCUT2D eigenvalue weighted by Gasteiger charge is -2.20. The fourth-order valence-electron chi connectivity index (χ4n) is 5.15. The molecule has 8 heteroatoms. The quantitative estimate of drug-likeness (QED) is 0.317. The number of methoxy groups -OCH3 is 1. The maximum Gasteiger partial charge on any atom is 0.341 e. The van der Waals surface area contributed by atoms with Gasteiger partial charge < -0.3 is 19.5 Å². The second-order valence-corrected chi connectivity index (χ2v) is 10.4. The van der Waals surface area contributed by atoms with Gasteiger partial charge in [0.15, 0.2) is 11.5 Å². The second kappa shape index (κ2) is 9.52. The molecule has 7 nitrogen and oxygen atoms in total. The van der Waals surface area contributed by atoms with E-state index >= 15 is 0 Å². The predicted molar refractivity (Wildman–Crippen MR) is 143 cm³/mol. The van der Waals surface area contributed by atoms with Crippen molar-refractivity contribution in [3.8, 4) is 22.8 Å². The summed E-state index contributed by atoms with van der Waals surface area (Å²) in [5, 5.41) is 4.33. The van der Waals surface area contributed by atoms with E-state index in [-0.39, 0.29) is 12.7 Å². The fourth-order valence-corrected chi connectivity index (χ4v) is 6.49. The Morgan fingerprint density at radius 3 is 2.81 bits per heavy atom. The lowest BCUT2D eigenvalue weighted by atomic mass is 9.85. The van der Waals surface area contributed by atoms with Gasteiger partial charge in [0.05, 0.1) is 29.4 Å². The molecule has 3 heterocycles. The maximum absolute atomic E-state index is 13.8. The Morgan fingerprint density at radius 1 is 1.14 bits per heavy atom. The van der Waals surface area contributed by atoms with Gasteiger partial charge in [0.1, 0.15) is 5.00 Å². The van der Waals surface area contributed by atoms with E-state index in [4.69, 9.17) is 19.2 Å². The van der Waals surface area contributed by atoms with Crippen LogP contribution in [0.15, 0.2) is 48.5 Å². The Kier molecular flexibility index (Phi) is 6.04. The first-order chi connectivity index (χ1) is 18.1. The highest BCUT2D eigenvalue weighted by Crippen LogP contribution is 2.41. The number of carbonyl (C=O) groups is 2. The molecule has 0 radical (unpaired) electrons. The molecule has 1 atom stereocenters. The molecule has 0 fully saturated rings. The number of pyridine rings is 1. The van der Waals surface area contributed by atoms with Gasteiger partial charge in [-0.3, -0.25) is 4.79 Å². The number of anilines is 1. The molecule has 1 unspecified atom stereocenters. The average molecular weight is 515 g/mol. The molecule has 0 saturated heterocycles. The van der Waals surface area contributed by atoms with Crippen LogP contribution in [0.4, 0.5) is 5.00 Å². The van der Waals surface area contributed by atoms with Gasteiger partial charge in [0.2, 0.25) is 6.79 Å². The number of nitrogens with one attached hydrogen (secondary N) is 1. The molecule has 4 aromatic rings. The summed E-state index contributed by atoms with van der Waals surface area (Å²) in [6.07, 6.45) is 3.86. The van der Waals surface area contributed by atoms with E-state index in [2.05, 4.69) is 12.2 Å². The molecule has 2 aromatic carbocycles. The summed E-state index contributed by atoms with van der Waals surface area (Å²) in [6.45, 7) is 2.38. The van der Waals surface area contributed by atoms with Crippen LogP contribution in [0.25, 0.3) is 22.2 Å². The minimum Gasteiger partial charge on any atom is -0.465 e. The van der Waals surface area contributed by atoms with Crippen LogP contribution in [-0.4, -0.2) is 30.8 Å². The number of ether oxygens (including phenoxy) is 3. The zero-order chi connectivity index (χ0) is 25.5. The van der Waals surface area contributed by atoms with Crippen LogP contribution < -0.4 is 14.8 Å². The highest BCUT2D eigenvalue weighted by molar-refractivity contribution is 7.17. The lowest BCUT2D eigenvalue weighted by Crippen LogP contribution is -2.17. The van der Waals surface area contributed by atoms with E-state index in [1.807, 2.05) is 42.5 Å². The Balaban J connectivity index is 1.41. The zero-order valence-electron chi connectivity index (χ0n) is 20.6. The summed E-state index contributed by atoms with van der Waals surface area (Å²) in [4.78, 5) is 32.5. The van der Waals surface area contributed by atoms with Crippen LogP contribution in [0.1, 0.15) is 50.9 Å². The number of aromatic nitrogens is 1. The Labute approximate surface area is 218 Å². The van der Waals surface area contributed by atoms with Gasteiger partial charge >= 0.3 is 5.97 Å². The van der Waals surface area contributed by atoms with E-state index in [0.29, 0.717) is 44.8 Å². The highest BCUT2D eigenvalue weighted by atomic mass is 32.1. The number of nitrogens with zero attached hydrogens (tertiary/aromatic N) is 1. The van der Waals surface area contributed by atoms with Crippen LogP contribution >= 0.6 is 11.3 Å². The van der Waals surface area contributed by atoms with E-state index in [1.165, 1.54) is 18.4 Å². The van der Waals surface area contributed by atoms with Gasteiger partial charge in [-0.25, -0.2) is 9.78 Å². The first kappa shape index (κ1) is 23.5. The molecular weight excluding hydrogens is 488 g/mol. The third-order valence-electron chi connectivity index (χ3n) is 7.19. The van der Waals surface area contributed by atoms with Crippen molar-refractivity contribution in [3.05, 3.63) is 70.1 Å². The number of carbonyl (C=O) groups excluding carboxylic acids is 2. The Bertz CT molecular complexity index is 1540. The van der Waals surface area contributed by atoms with Crippen molar-refractivity contribution < 1.29 is 23.8 Å². The van der Waals surface area contributed by atoms with Crippen molar-refractivity contribution >= 4 is 39.1 Å². The summed E-state index contributed by atoms with van der Waals surface area (Å²) in [5.74, 6) is 1.22. The highest BCUT2D eigenvalue weighted by Gasteiger charge is 2.30. The van der Waals surface area contributed by atoms with Gasteiger partial charge in [0.25, 0.3) is 5.91 Å². The summed E-state index contributed by atoms with van der Waals surface area (Å²) in [7, 11) is 1.38. The van der Waals surface area contributed by atoms with Crippen molar-refractivity contribution in [2.45, 2.75) is 32.6 Å². The number of amides is 1. The van der Waals surface area contributed by atoms with Crippen LogP contribution in [0.3, 0.4) is 0 Å². The largest absolute Gasteiger partial charge is 0.465 e. The summed E-state index contributed by atoms with van der Waals surface area (Å²) in [6, 6.07) is 14.9. The monoisotopic (exact) mass is 514 g/mol. The van der Waals surface area contributed by atoms with Crippen molar-refractivity contribution in [2.24, 2.45) is 5.92 Å². The average Bonchev–Trinajstić information content (AvgIpc) is 3.55. The first-order valence-electron chi connectivity index (χ1n) is 12.4. The number of hydrogen-bond donors (Lipinski definition) is 1. The summed E-state index contributed by atoms with van der Waals surface area (Å²) >= 11 is 1.49. The number of esters is 1. The Morgan fingerprint density at radius 2 is 1.97 bits per heavy atom. The second-order valence-electron chi connectivity index (χ2n) is 9.31. The van der Waals surface area contributed by atoms with Gasteiger partial charge in [-0.1, -0.05) is 31.5 Å². The molecule has 0 bridgehead atoms. The number of para-hydroxylation sites is 1. The molecule has 1 aliphatic carbocycles. The van der Waals surface area contributed by atoms with E-state index in [1.54, 1.807) is 6.07 Å². The van der Waals surface area contributed by atoms with Crippen LogP contribution in [0, 0.1) is 5.92 Å². The number of hydrogen-bond acceptors (Lipinski definition) is 7. The predicted octanol–water partition coefficient (Wildman–Crippen LogP) is 6.25. The van der Waals surface area contributed by atoms with E-state index in [9.17, 15) is 9.59 Å². The topological polar surface area (TPSA) is 86.8 Å². The molecular formula is C29H26N2O5S.